The van der Waals surface area contributed by atoms with Gasteiger partial charge in [0.1, 0.15) is 11.8 Å². The maximum Gasteiger partial charge on any atom is 0.308 e. The molecule has 3 atom stereocenters. The van der Waals surface area contributed by atoms with Crippen molar-refractivity contribution in [2.45, 2.75) is 29.7 Å². The summed E-state index contributed by atoms with van der Waals surface area (Å²) in [5.74, 6) is -2.21. The van der Waals surface area contributed by atoms with E-state index in [1.165, 1.54) is 43.1 Å². The monoisotopic (exact) mass is 646 g/mol. The second-order valence-electron chi connectivity index (χ2n) is 10.4. The number of aryl methyl sites for hydroxylation is 1. The van der Waals surface area contributed by atoms with Crippen molar-refractivity contribution < 1.29 is 28.8 Å². The number of hydrogen-bond acceptors (Lipinski definition) is 10. The number of anilines is 2. The molecule has 6 rings (SSSR count). The molecule has 3 heterocycles. The summed E-state index contributed by atoms with van der Waals surface area (Å²) in [6.45, 7) is 1.56. The lowest BCUT2D eigenvalue weighted by Crippen LogP contribution is -2.33. The van der Waals surface area contributed by atoms with Gasteiger partial charge in [0.15, 0.2) is 11.5 Å². The molecule has 230 valence electrons. The predicted molar refractivity (Wildman–Crippen MR) is 169 cm³/mol. The molecule has 45 heavy (non-hydrogen) atoms. The van der Waals surface area contributed by atoms with E-state index in [1.54, 1.807) is 30.3 Å². The van der Waals surface area contributed by atoms with E-state index in [4.69, 9.17) is 9.47 Å². The fourth-order valence-corrected chi connectivity index (χ4v) is 8.46. The lowest BCUT2D eigenvalue weighted by atomic mass is 9.83. The van der Waals surface area contributed by atoms with Gasteiger partial charge in [-0.2, -0.15) is 0 Å². The average Bonchev–Trinajstić information content (AvgIpc) is 3.47. The molecule has 0 spiro atoms. The van der Waals surface area contributed by atoms with Crippen LogP contribution in [-0.2, 0) is 20.9 Å². The number of fused-ring (bicyclic) bond motifs is 2. The quantitative estimate of drug-likeness (QED) is 0.165. The molecule has 1 saturated heterocycles. The fraction of sp³-hybridized carbons (Fsp3) is 0.226. The minimum atomic E-state index is -0.932. The van der Waals surface area contributed by atoms with Crippen LogP contribution >= 0.6 is 23.1 Å². The van der Waals surface area contributed by atoms with Crippen LogP contribution in [0, 0.1) is 23.0 Å². The van der Waals surface area contributed by atoms with E-state index < -0.39 is 44.6 Å². The van der Waals surface area contributed by atoms with Crippen molar-refractivity contribution in [3.63, 3.8) is 0 Å². The largest absolute Gasteiger partial charge is 0.493 e. The zero-order chi connectivity index (χ0) is 32.0. The van der Waals surface area contributed by atoms with Gasteiger partial charge < -0.3 is 14.8 Å². The Labute approximate surface area is 264 Å². The van der Waals surface area contributed by atoms with Crippen molar-refractivity contribution >= 4 is 57.9 Å². The van der Waals surface area contributed by atoms with Crippen LogP contribution in [-0.4, -0.2) is 46.7 Å². The first-order chi connectivity index (χ1) is 21.6. The first-order valence-electron chi connectivity index (χ1n) is 13.7. The fourth-order valence-electron chi connectivity index (χ4n) is 5.69. The van der Waals surface area contributed by atoms with Crippen molar-refractivity contribution in [3.8, 4) is 11.5 Å². The highest BCUT2D eigenvalue weighted by molar-refractivity contribution is 8.00. The zero-order valence-electron chi connectivity index (χ0n) is 24.2. The number of aromatic nitrogens is 1. The number of non-ortho nitro benzene ring substituents is 1. The minimum absolute atomic E-state index is 0.178. The number of carbonyl (C=O) groups excluding carboxylic acids is 3. The molecular weight excluding hydrogens is 620 g/mol. The number of para-hydroxylation sites is 1. The predicted octanol–water partition coefficient (Wildman–Crippen LogP) is 4.58. The average molecular weight is 647 g/mol. The number of imide groups is 1. The molecule has 3 amide bonds. The number of methoxy groups -OCH3 is 2. The number of hydrogen-bond donors (Lipinski definition) is 1. The van der Waals surface area contributed by atoms with Crippen LogP contribution in [0.5, 0.6) is 11.5 Å². The molecule has 4 aromatic rings. The normalized spacial score (nSPS) is 18.7. The summed E-state index contributed by atoms with van der Waals surface area (Å²) in [6, 6.07) is 17.6. The van der Waals surface area contributed by atoms with Crippen molar-refractivity contribution in [1.82, 2.24) is 4.57 Å². The maximum absolute atomic E-state index is 14.1. The Hall–Kier alpha value is -4.95. The van der Waals surface area contributed by atoms with E-state index >= 15 is 0 Å². The molecule has 1 aromatic heterocycles. The van der Waals surface area contributed by atoms with Crippen molar-refractivity contribution in [2.24, 2.45) is 5.92 Å². The van der Waals surface area contributed by atoms with Crippen LogP contribution in [0.1, 0.15) is 21.9 Å². The third kappa shape index (κ3) is 5.25. The molecule has 14 heteroatoms. The SMILES string of the molecule is COc1ccc([C@@H]2c3sc(=O)n(CC(=O)Nc4ccccc4C)c3S[C@H]3C(=O)N(c4ccc([N+](=O)[O-])cc4)C(=O)[C@@H]23)cc1OC. The number of thioether (sulfide) groups is 1. The molecule has 1 fully saturated rings. The van der Waals surface area contributed by atoms with Gasteiger partial charge in [-0.05, 0) is 48.4 Å². The van der Waals surface area contributed by atoms with Gasteiger partial charge in [0.25, 0.3) is 5.69 Å². The first-order valence-corrected chi connectivity index (χ1v) is 15.4. The van der Waals surface area contributed by atoms with Gasteiger partial charge in [-0.1, -0.05) is 47.4 Å². The van der Waals surface area contributed by atoms with Crippen LogP contribution in [0.25, 0.3) is 0 Å². The number of carbonyl (C=O) groups is 3. The van der Waals surface area contributed by atoms with Gasteiger partial charge in [-0.25, -0.2) is 4.90 Å². The Balaban J connectivity index is 1.44. The molecule has 0 radical (unpaired) electrons. The Morgan fingerprint density at radius 2 is 1.69 bits per heavy atom. The van der Waals surface area contributed by atoms with E-state index in [0.717, 1.165) is 33.6 Å². The summed E-state index contributed by atoms with van der Waals surface area (Å²) < 4.78 is 12.3. The van der Waals surface area contributed by atoms with Crippen molar-refractivity contribution in [1.29, 1.82) is 0 Å². The number of nitro benzene ring substituents is 1. The third-order valence-electron chi connectivity index (χ3n) is 7.86. The highest BCUT2D eigenvalue weighted by Crippen LogP contribution is 2.54. The minimum Gasteiger partial charge on any atom is -0.493 e. The molecule has 3 aromatic carbocycles. The van der Waals surface area contributed by atoms with Gasteiger partial charge in [0.2, 0.25) is 17.7 Å². The Morgan fingerprint density at radius 3 is 2.36 bits per heavy atom. The number of benzene rings is 3. The smallest absolute Gasteiger partial charge is 0.308 e. The molecule has 0 saturated carbocycles. The molecule has 2 aliphatic heterocycles. The Morgan fingerprint density at radius 1 is 0.978 bits per heavy atom. The number of amides is 3. The standard InChI is InChI=1S/C31H26N4O8S2/c1-16-6-4-5-7-20(16)32-23(36)15-33-30-27(45-31(33)39)24(17-8-13-21(42-2)22(14-17)43-3)25-26(44-30)29(38)34(28(25)37)18-9-11-19(12-10-18)35(40)41/h4-14,24-26H,15H2,1-3H3,(H,32,36)/t24-,25-,26+/m0/s1. The lowest BCUT2D eigenvalue weighted by molar-refractivity contribution is -0.384. The summed E-state index contributed by atoms with van der Waals surface area (Å²) in [5.41, 5.74) is 2.12. The molecule has 2 aliphatic rings. The highest BCUT2D eigenvalue weighted by Gasteiger charge is 2.57. The van der Waals surface area contributed by atoms with Crippen molar-refractivity contribution in [2.75, 3.05) is 24.4 Å². The maximum atomic E-state index is 14.1. The van der Waals surface area contributed by atoms with Gasteiger partial charge in [0, 0.05) is 28.6 Å². The number of thiazole rings is 1. The van der Waals surface area contributed by atoms with E-state index in [0.29, 0.717) is 32.7 Å². The van der Waals surface area contributed by atoms with Gasteiger partial charge in [0.05, 0.1) is 35.8 Å². The number of nitro groups is 1. The van der Waals surface area contributed by atoms with Gasteiger partial charge in [-0.15, -0.1) is 0 Å². The van der Waals surface area contributed by atoms with Crippen LogP contribution in [0.15, 0.2) is 76.6 Å². The third-order valence-corrected chi connectivity index (χ3v) is 10.5. The number of rotatable bonds is 8. The van der Waals surface area contributed by atoms with E-state index in [1.807, 2.05) is 19.1 Å². The van der Waals surface area contributed by atoms with E-state index in [9.17, 15) is 29.3 Å². The summed E-state index contributed by atoms with van der Waals surface area (Å²) in [5, 5.41) is 13.5. The van der Waals surface area contributed by atoms with Crippen LogP contribution < -0.4 is 24.6 Å². The van der Waals surface area contributed by atoms with Crippen LogP contribution in [0.2, 0.25) is 0 Å². The van der Waals surface area contributed by atoms with Crippen molar-refractivity contribution in [3.05, 3.63) is 103 Å². The van der Waals surface area contributed by atoms with Gasteiger partial charge in [-0.3, -0.25) is 33.9 Å². The highest BCUT2D eigenvalue weighted by atomic mass is 32.2. The molecule has 0 bridgehead atoms. The van der Waals surface area contributed by atoms with Gasteiger partial charge >= 0.3 is 4.87 Å². The molecule has 1 N–H and O–H groups in total. The molecule has 12 nitrogen and oxygen atoms in total. The van der Waals surface area contributed by atoms with E-state index in [-0.39, 0.29) is 17.9 Å². The first kappa shape index (κ1) is 30.1. The lowest BCUT2D eigenvalue weighted by Gasteiger charge is -2.31. The molecular formula is C31H26N4O8S2. The van der Waals surface area contributed by atoms with E-state index in [2.05, 4.69) is 5.32 Å². The topological polar surface area (TPSA) is 150 Å². The second-order valence-corrected chi connectivity index (χ2v) is 12.6. The van der Waals surface area contributed by atoms with Crippen LogP contribution in [0.4, 0.5) is 17.1 Å². The number of nitrogens with one attached hydrogen (secondary N) is 1. The molecule has 0 aliphatic carbocycles. The van der Waals surface area contributed by atoms with Crippen LogP contribution in [0.3, 0.4) is 0 Å². The zero-order valence-corrected chi connectivity index (χ0v) is 25.8. The number of nitrogens with zero attached hydrogens (tertiary/aromatic N) is 3. The summed E-state index contributed by atoms with van der Waals surface area (Å²) in [6.07, 6.45) is 0. The summed E-state index contributed by atoms with van der Waals surface area (Å²) in [7, 11) is 2.98. The summed E-state index contributed by atoms with van der Waals surface area (Å²) in [4.78, 5) is 66.4. The Kier molecular flexibility index (Phi) is 7.93. The Bertz CT molecular complexity index is 1920. The summed E-state index contributed by atoms with van der Waals surface area (Å²) >= 11 is 2.00. The number of ether oxygens (including phenoxy) is 2. The molecule has 0 unspecified atom stereocenters. The second kappa shape index (κ2) is 11.9.